The monoisotopic (exact) mass is 299 g/mol. The Bertz CT molecular complexity index is 741. The fraction of sp³-hybridized carbons (Fsp3) is 0.188. The van der Waals surface area contributed by atoms with E-state index in [1.165, 1.54) is 18.2 Å². The van der Waals surface area contributed by atoms with Crippen molar-refractivity contribution in [2.75, 3.05) is 17.7 Å². The largest absolute Gasteiger partial charge is 0.383 e. The van der Waals surface area contributed by atoms with Crippen LogP contribution in [0.1, 0.15) is 21.5 Å². The Morgan fingerprint density at radius 2 is 1.82 bits per heavy atom. The third-order valence-electron chi connectivity index (χ3n) is 3.49. The molecule has 6 nitrogen and oxygen atoms in total. The van der Waals surface area contributed by atoms with Crippen LogP contribution in [0.5, 0.6) is 0 Å². The van der Waals surface area contributed by atoms with E-state index in [1.54, 1.807) is 7.05 Å². The second-order valence-corrected chi connectivity index (χ2v) is 4.99. The van der Waals surface area contributed by atoms with Crippen molar-refractivity contribution in [3.63, 3.8) is 0 Å². The molecule has 0 radical (unpaired) electrons. The lowest BCUT2D eigenvalue weighted by Crippen LogP contribution is -2.12. The second kappa shape index (κ2) is 6.26. The molecule has 2 aromatic rings. The molecule has 0 unspecified atom stereocenters. The number of benzene rings is 2. The number of amides is 1. The molecule has 114 valence electrons. The Morgan fingerprint density at radius 3 is 2.41 bits per heavy atom. The SMILES string of the molecule is CNc1cc(C(=O)Nc2ccc(C)c(C)c2)ccc1[N+](=O)[O-]. The van der Waals surface area contributed by atoms with Gasteiger partial charge in [-0.2, -0.15) is 0 Å². The molecule has 0 saturated heterocycles. The van der Waals surface area contributed by atoms with Crippen LogP contribution in [0.15, 0.2) is 36.4 Å². The number of hydrogen-bond acceptors (Lipinski definition) is 4. The highest BCUT2D eigenvalue weighted by atomic mass is 16.6. The molecular weight excluding hydrogens is 282 g/mol. The van der Waals surface area contributed by atoms with Gasteiger partial charge in [-0.3, -0.25) is 14.9 Å². The van der Waals surface area contributed by atoms with Crippen molar-refractivity contribution in [2.45, 2.75) is 13.8 Å². The summed E-state index contributed by atoms with van der Waals surface area (Å²) in [5.74, 6) is -0.311. The summed E-state index contributed by atoms with van der Waals surface area (Å²) in [5.41, 5.74) is 3.51. The molecule has 0 spiro atoms. The van der Waals surface area contributed by atoms with Crippen molar-refractivity contribution >= 4 is 23.0 Å². The van der Waals surface area contributed by atoms with E-state index in [0.717, 1.165) is 11.1 Å². The Labute approximate surface area is 128 Å². The number of anilines is 2. The molecule has 0 aliphatic carbocycles. The van der Waals surface area contributed by atoms with Gasteiger partial charge in [0, 0.05) is 24.4 Å². The van der Waals surface area contributed by atoms with Crippen molar-refractivity contribution < 1.29 is 9.72 Å². The van der Waals surface area contributed by atoms with E-state index in [4.69, 9.17) is 0 Å². The van der Waals surface area contributed by atoms with Crippen molar-refractivity contribution in [1.82, 2.24) is 0 Å². The van der Waals surface area contributed by atoms with Crippen LogP contribution in [0.2, 0.25) is 0 Å². The van der Waals surface area contributed by atoms with E-state index in [9.17, 15) is 14.9 Å². The molecule has 0 aliphatic rings. The fourth-order valence-corrected chi connectivity index (χ4v) is 2.06. The molecule has 0 aromatic heterocycles. The van der Waals surface area contributed by atoms with Gasteiger partial charge in [0.1, 0.15) is 5.69 Å². The first kappa shape index (κ1) is 15.5. The summed E-state index contributed by atoms with van der Waals surface area (Å²) in [5, 5.41) is 16.4. The normalized spacial score (nSPS) is 10.1. The number of nitrogens with zero attached hydrogens (tertiary/aromatic N) is 1. The van der Waals surface area contributed by atoms with E-state index in [1.807, 2.05) is 32.0 Å². The van der Waals surface area contributed by atoms with Gasteiger partial charge in [0.25, 0.3) is 11.6 Å². The predicted octanol–water partition coefficient (Wildman–Crippen LogP) is 3.51. The first-order chi connectivity index (χ1) is 10.4. The topological polar surface area (TPSA) is 84.3 Å². The number of nitrogens with one attached hydrogen (secondary N) is 2. The maximum absolute atomic E-state index is 12.3. The smallest absolute Gasteiger partial charge is 0.292 e. The molecule has 1 amide bonds. The molecule has 0 fully saturated rings. The number of hydrogen-bond donors (Lipinski definition) is 2. The highest BCUT2D eigenvalue weighted by Gasteiger charge is 2.16. The van der Waals surface area contributed by atoms with Crippen LogP contribution in [-0.4, -0.2) is 17.9 Å². The van der Waals surface area contributed by atoms with Crippen LogP contribution < -0.4 is 10.6 Å². The van der Waals surface area contributed by atoms with E-state index in [2.05, 4.69) is 10.6 Å². The zero-order valence-electron chi connectivity index (χ0n) is 12.6. The summed E-state index contributed by atoms with van der Waals surface area (Å²) < 4.78 is 0. The molecule has 2 N–H and O–H groups in total. The summed E-state index contributed by atoms with van der Waals surface area (Å²) in [6.45, 7) is 3.96. The number of nitro benzene ring substituents is 1. The molecule has 0 heterocycles. The third-order valence-corrected chi connectivity index (χ3v) is 3.49. The fourth-order valence-electron chi connectivity index (χ4n) is 2.06. The highest BCUT2D eigenvalue weighted by molar-refractivity contribution is 6.05. The standard InChI is InChI=1S/C16H17N3O3/c1-10-4-6-13(8-11(10)2)18-16(20)12-5-7-15(19(21)22)14(9-12)17-3/h4-9,17H,1-3H3,(H,18,20). The van der Waals surface area contributed by atoms with Gasteiger partial charge in [0.2, 0.25) is 0 Å². The van der Waals surface area contributed by atoms with Crippen molar-refractivity contribution in [2.24, 2.45) is 0 Å². The Hall–Kier alpha value is -2.89. The number of carbonyl (C=O) groups is 1. The molecule has 22 heavy (non-hydrogen) atoms. The van der Waals surface area contributed by atoms with Gasteiger partial charge in [0.05, 0.1) is 4.92 Å². The summed E-state index contributed by atoms with van der Waals surface area (Å²) in [6.07, 6.45) is 0. The van der Waals surface area contributed by atoms with Crippen molar-refractivity contribution in [1.29, 1.82) is 0 Å². The predicted molar refractivity (Wildman–Crippen MR) is 86.5 cm³/mol. The van der Waals surface area contributed by atoms with Gasteiger partial charge in [-0.25, -0.2) is 0 Å². The van der Waals surface area contributed by atoms with Gasteiger partial charge >= 0.3 is 0 Å². The minimum Gasteiger partial charge on any atom is -0.383 e. The average molecular weight is 299 g/mol. The first-order valence-corrected chi connectivity index (χ1v) is 6.77. The molecule has 6 heteroatoms. The van der Waals surface area contributed by atoms with Gasteiger partial charge in [-0.15, -0.1) is 0 Å². The molecule has 0 aliphatic heterocycles. The van der Waals surface area contributed by atoms with Crippen molar-refractivity contribution in [3.05, 3.63) is 63.2 Å². The van der Waals surface area contributed by atoms with Gasteiger partial charge < -0.3 is 10.6 Å². The molecule has 0 bridgehead atoms. The number of carbonyl (C=O) groups excluding carboxylic acids is 1. The van der Waals surface area contributed by atoms with E-state index in [0.29, 0.717) is 16.9 Å². The summed E-state index contributed by atoms with van der Waals surface area (Å²) in [4.78, 5) is 22.6. The van der Waals surface area contributed by atoms with Crippen molar-refractivity contribution in [3.8, 4) is 0 Å². The zero-order chi connectivity index (χ0) is 16.3. The minimum absolute atomic E-state index is 0.0646. The minimum atomic E-state index is -0.489. The van der Waals surface area contributed by atoms with E-state index in [-0.39, 0.29) is 11.6 Å². The molecule has 2 aromatic carbocycles. The highest BCUT2D eigenvalue weighted by Crippen LogP contribution is 2.25. The first-order valence-electron chi connectivity index (χ1n) is 6.77. The lowest BCUT2D eigenvalue weighted by molar-refractivity contribution is -0.383. The Balaban J connectivity index is 2.25. The van der Waals surface area contributed by atoms with Crippen LogP contribution in [-0.2, 0) is 0 Å². The molecule has 0 atom stereocenters. The maximum Gasteiger partial charge on any atom is 0.292 e. The number of nitro groups is 1. The van der Waals surface area contributed by atoms with Gasteiger partial charge in [-0.1, -0.05) is 6.07 Å². The molecule has 2 rings (SSSR count). The third kappa shape index (κ3) is 3.22. The maximum atomic E-state index is 12.3. The lowest BCUT2D eigenvalue weighted by Gasteiger charge is -2.09. The van der Waals surface area contributed by atoms with E-state index < -0.39 is 4.92 Å². The van der Waals surface area contributed by atoms with Crippen LogP contribution in [0.25, 0.3) is 0 Å². The quantitative estimate of drug-likeness (QED) is 0.668. The van der Waals surface area contributed by atoms with Crippen LogP contribution in [0, 0.1) is 24.0 Å². The molecular formula is C16H17N3O3. The summed E-state index contributed by atoms with van der Waals surface area (Å²) >= 11 is 0. The zero-order valence-corrected chi connectivity index (χ0v) is 12.6. The van der Waals surface area contributed by atoms with Crippen LogP contribution in [0.3, 0.4) is 0 Å². The summed E-state index contributed by atoms with van der Waals surface area (Å²) in [7, 11) is 1.58. The lowest BCUT2D eigenvalue weighted by atomic mass is 10.1. The number of aryl methyl sites for hydroxylation is 2. The second-order valence-electron chi connectivity index (χ2n) is 4.99. The van der Waals surface area contributed by atoms with Crippen LogP contribution >= 0.6 is 0 Å². The number of rotatable bonds is 4. The molecule has 0 saturated carbocycles. The van der Waals surface area contributed by atoms with Crippen LogP contribution in [0.4, 0.5) is 17.1 Å². The van der Waals surface area contributed by atoms with Gasteiger partial charge in [0.15, 0.2) is 0 Å². The summed E-state index contributed by atoms with van der Waals surface area (Å²) in [6, 6.07) is 9.87. The average Bonchev–Trinajstić information content (AvgIpc) is 2.50. The Morgan fingerprint density at radius 1 is 1.09 bits per heavy atom. The van der Waals surface area contributed by atoms with Gasteiger partial charge in [-0.05, 0) is 49.2 Å². The Kier molecular flexibility index (Phi) is 4.41. The van der Waals surface area contributed by atoms with E-state index >= 15 is 0 Å².